The summed E-state index contributed by atoms with van der Waals surface area (Å²) in [4.78, 5) is 0. The molecule has 0 atom stereocenters. The molecule has 0 N–H and O–H groups in total. The third-order valence-corrected chi connectivity index (χ3v) is 2.32. The van der Waals surface area contributed by atoms with Crippen LogP contribution in [0.15, 0.2) is 36.4 Å². The molecule has 0 saturated heterocycles. The zero-order chi connectivity index (χ0) is 12.0. The molecule has 16 heavy (non-hydrogen) atoms. The van der Waals surface area contributed by atoms with Gasteiger partial charge in [0.15, 0.2) is 0 Å². The number of nitriles is 1. The Balaban J connectivity index is 0.000000386. The molecule has 0 saturated carbocycles. The maximum atomic E-state index is 8.83. The smallest absolute Gasteiger partial charge is 0.0994 e. The van der Waals surface area contributed by atoms with Gasteiger partial charge in [0.05, 0.1) is 11.6 Å². The number of benzene rings is 2. The monoisotopic (exact) mass is 211 g/mol. The molecule has 82 valence electrons. The van der Waals surface area contributed by atoms with Crippen LogP contribution in [0.4, 0.5) is 0 Å². The van der Waals surface area contributed by atoms with E-state index >= 15 is 0 Å². The lowest BCUT2D eigenvalue weighted by atomic mass is 10.0. The Labute approximate surface area is 97.3 Å². The standard InChI is InChI=1S/C12H9N.C3H8/c1-9-11(8-13)7-6-10-4-2-3-5-12(9)10;1-3-2/h2-7H,1H3;3H2,1-2H3. The van der Waals surface area contributed by atoms with Crippen LogP contribution in [0.25, 0.3) is 10.8 Å². The van der Waals surface area contributed by atoms with Crippen LogP contribution in [0.2, 0.25) is 0 Å². The summed E-state index contributed by atoms with van der Waals surface area (Å²) in [6.07, 6.45) is 1.25. The van der Waals surface area contributed by atoms with Crippen LogP contribution in [-0.4, -0.2) is 0 Å². The second-order valence-corrected chi connectivity index (χ2v) is 3.78. The molecule has 1 nitrogen and oxygen atoms in total. The molecule has 0 unspecified atom stereocenters. The predicted octanol–water partition coefficient (Wildman–Crippen LogP) is 4.44. The van der Waals surface area contributed by atoms with Gasteiger partial charge in [0.1, 0.15) is 0 Å². The highest BCUT2D eigenvalue weighted by Crippen LogP contribution is 2.20. The molecule has 2 aromatic rings. The second kappa shape index (κ2) is 5.92. The number of hydrogen-bond donors (Lipinski definition) is 0. The van der Waals surface area contributed by atoms with Crippen molar-refractivity contribution in [3.8, 4) is 6.07 Å². The van der Waals surface area contributed by atoms with Gasteiger partial charge in [0.25, 0.3) is 0 Å². The van der Waals surface area contributed by atoms with E-state index in [-0.39, 0.29) is 0 Å². The SMILES string of the molecule is CCC.Cc1c(C#N)ccc2ccccc12. The number of aryl methyl sites for hydroxylation is 1. The summed E-state index contributed by atoms with van der Waals surface area (Å²) in [6.45, 7) is 6.24. The number of nitrogens with zero attached hydrogens (tertiary/aromatic N) is 1. The van der Waals surface area contributed by atoms with Crippen molar-refractivity contribution < 1.29 is 0 Å². The quantitative estimate of drug-likeness (QED) is 0.632. The van der Waals surface area contributed by atoms with E-state index in [1.54, 1.807) is 0 Å². The van der Waals surface area contributed by atoms with Crippen LogP contribution >= 0.6 is 0 Å². The van der Waals surface area contributed by atoms with E-state index in [0.29, 0.717) is 0 Å². The Hall–Kier alpha value is -1.81. The first-order chi connectivity index (χ1) is 7.74. The average molecular weight is 211 g/mol. The van der Waals surface area contributed by atoms with Gasteiger partial charge in [-0.25, -0.2) is 0 Å². The Morgan fingerprint density at radius 3 is 2.31 bits per heavy atom. The molecular weight excluding hydrogens is 194 g/mol. The van der Waals surface area contributed by atoms with Gasteiger partial charge in [0, 0.05) is 0 Å². The molecule has 0 aromatic heterocycles. The van der Waals surface area contributed by atoms with Crippen LogP contribution in [0.1, 0.15) is 31.4 Å². The number of fused-ring (bicyclic) bond motifs is 1. The van der Waals surface area contributed by atoms with E-state index in [1.165, 1.54) is 17.2 Å². The lowest BCUT2D eigenvalue weighted by Crippen LogP contribution is -1.83. The van der Waals surface area contributed by atoms with Crippen molar-refractivity contribution in [3.63, 3.8) is 0 Å². The fraction of sp³-hybridized carbons (Fsp3) is 0.267. The molecule has 0 amide bonds. The van der Waals surface area contributed by atoms with Crippen molar-refractivity contribution in [1.29, 1.82) is 5.26 Å². The van der Waals surface area contributed by atoms with E-state index in [4.69, 9.17) is 5.26 Å². The Morgan fingerprint density at radius 1 is 1.06 bits per heavy atom. The fourth-order valence-electron chi connectivity index (χ4n) is 1.55. The molecule has 0 aliphatic carbocycles. The first-order valence-electron chi connectivity index (χ1n) is 5.63. The van der Waals surface area contributed by atoms with E-state index in [0.717, 1.165) is 11.1 Å². The summed E-state index contributed by atoms with van der Waals surface area (Å²) >= 11 is 0. The summed E-state index contributed by atoms with van der Waals surface area (Å²) in [6, 6.07) is 14.2. The van der Waals surface area contributed by atoms with Crippen LogP contribution in [0.3, 0.4) is 0 Å². The van der Waals surface area contributed by atoms with Gasteiger partial charge in [-0.2, -0.15) is 5.26 Å². The van der Waals surface area contributed by atoms with E-state index in [9.17, 15) is 0 Å². The molecule has 0 bridgehead atoms. The van der Waals surface area contributed by atoms with Crippen molar-refractivity contribution >= 4 is 10.8 Å². The molecule has 0 aliphatic rings. The molecule has 0 fully saturated rings. The molecule has 2 aromatic carbocycles. The summed E-state index contributed by atoms with van der Waals surface area (Å²) in [5, 5.41) is 11.2. The topological polar surface area (TPSA) is 23.8 Å². The van der Waals surface area contributed by atoms with Crippen LogP contribution < -0.4 is 0 Å². The molecule has 0 radical (unpaired) electrons. The molecule has 0 heterocycles. The lowest BCUT2D eigenvalue weighted by molar-refractivity contribution is 1.09. The highest BCUT2D eigenvalue weighted by molar-refractivity contribution is 5.87. The normalized spacial score (nSPS) is 9.12. The van der Waals surface area contributed by atoms with E-state index in [2.05, 4.69) is 26.0 Å². The third kappa shape index (κ3) is 2.61. The van der Waals surface area contributed by atoms with Crippen molar-refractivity contribution in [2.75, 3.05) is 0 Å². The van der Waals surface area contributed by atoms with Crippen molar-refractivity contribution in [2.45, 2.75) is 27.2 Å². The highest BCUT2D eigenvalue weighted by Gasteiger charge is 2.00. The van der Waals surface area contributed by atoms with Gasteiger partial charge in [-0.3, -0.25) is 0 Å². The molecule has 0 spiro atoms. The minimum atomic E-state index is 0.763. The average Bonchev–Trinajstić information content (AvgIpc) is 2.31. The highest BCUT2D eigenvalue weighted by atomic mass is 14.2. The van der Waals surface area contributed by atoms with Gasteiger partial charge in [-0.15, -0.1) is 0 Å². The van der Waals surface area contributed by atoms with Crippen molar-refractivity contribution in [2.24, 2.45) is 0 Å². The van der Waals surface area contributed by atoms with Gasteiger partial charge in [-0.1, -0.05) is 50.6 Å². The fourth-order valence-corrected chi connectivity index (χ4v) is 1.55. The van der Waals surface area contributed by atoms with Crippen LogP contribution in [0.5, 0.6) is 0 Å². The Kier molecular flexibility index (Phi) is 4.54. The maximum Gasteiger partial charge on any atom is 0.0994 e. The predicted molar refractivity (Wildman–Crippen MR) is 69.4 cm³/mol. The zero-order valence-electron chi connectivity index (χ0n) is 10.1. The summed E-state index contributed by atoms with van der Waals surface area (Å²) in [5.74, 6) is 0. The van der Waals surface area contributed by atoms with Gasteiger partial charge in [0.2, 0.25) is 0 Å². The Bertz CT molecular complexity index is 506. The Morgan fingerprint density at radius 2 is 1.69 bits per heavy atom. The molecule has 0 aliphatic heterocycles. The molecule has 2 rings (SSSR count). The maximum absolute atomic E-state index is 8.83. The van der Waals surface area contributed by atoms with E-state index in [1.807, 2.05) is 37.3 Å². The first-order valence-corrected chi connectivity index (χ1v) is 5.63. The van der Waals surface area contributed by atoms with Crippen molar-refractivity contribution in [3.05, 3.63) is 47.5 Å². The molecular formula is C15H17N. The minimum Gasteiger partial charge on any atom is -0.192 e. The van der Waals surface area contributed by atoms with Gasteiger partial charge in [-0.05, 0) is 29.3 Å². The summed E-state index contributed by atoms with van der Waals surface area (Å²) < 4.78 is 0. The first kappa shape index (κ1) is 12.3. The molecule has 1 heteroatoms. The van der Waals surface area contributed by atoms with E-state index < -0.39 is 0 Å². The van der Waals surface area contributed by atoms with Gasteiger partial charge >= 0.3 is 0 Å². The van der Waals surface area contributed by atoms with Gasteiger partial charge < -0.3 is 0 Å². The largest absolute Gasteiger partial charge is 0.192 e. The van der Waals surface area contributed by atoms with Crippen LogP contribution in [0, 0.1) is 18.3 Å². The summed E-state index contributed by atoms with van der Waals surface area (Å²) in [5.41, 5.74) is 1.83. The van der Waals surface area contributed by atoms with Crippen molar-refractivity contribution in [1.82, 2.24) is 0 Å². The van der Waals surface area contributed by atoms with Crippen LogP contribution in [-0.2, 0) is 0 Å². The minimum absolute atomic E-state index is 0.763. The number of hydrogen-bond acceptors (Lipinski definition) is 1. The third-order valence-electron chi connectivity index (χ3n) is 2.32. The zero-order valence-corrected chi connectivity index (χ0v) is 10.1. The number of rotatable bonds is 0. The lowest BCUT2D eigenvalue weighted by Gasteiger charge is -2.02. The summed E-state index contributed by atoms with van der Waals surface area (Å²) in [7, 11) is 0. The second-order valence-electron chi connectivity index (χ2n) is 3.78.